The molecule has 0 bridgehead atoms. The topological polar surface area (TPSA) is 75.7 Å². The Labute approximate surface area is 148 Å². The molecule has 2 aromatic carbocycles. The van der Waals surface area contributed by atoms with E-state index in [9.17, 15) is 13.2 Å². The van der Waals surface area contributed by atoms with Crippen LogP contribution in [-0.2, 0) is 16.6 Å². The number of hydrogen-bond acceptors (Lipinski definition) is 4. The van der Waals surface area contributed by atoms with Crippen LogP contribution >= 0.6 is 0 Å². The molecule has 0 aromatic heterocycles. The van der Waals surface area contributed by atoms with Crippen molar-refractivity contribution in [2.24, 2.45) is 0 Å². The van der Waals surface area contributed by atoms with E-state index in [4.69, 9.17) is 4.74 Å². The fourth-order valence-corrected chi connectivity index (χ4v) is 2.95. The first-order valence-corrected chi connectivity index (χ1v) is 9.49. The quantitative estimate of drug-likeness (QED) is 0.822. The van der Waals surface area contributed by atoms with Gasteiger partial charge in [-0.15, -0.1) is 0 Å². The summed E-state index contributed by atoms with van der Waals surface area (Å²) in [5.74, 6) is 0.567. The van der Waals surface area contributed by atoms with E-state index in [0.717, 1.165) is 11.3 Å². The number of rotatable bonds is 7. The van der Waals surface area contributed by atoms with Gasteiger partial charge in [0.1, 0.15) is 5.75 Å². The summed E-state index contributed by atoms with van der Waals surface area (Å²) in [5.41, 5.74) is 1.83. The molecule has 0 atom stereocenters. The van der Waals surface area contributed by atoms with Crippen molar-refractivity contribution in [2.45, 2.75) is 13.5 Å². The smallest absolute Gasteiger partial charge is 0.253 e. The molecule has 0 aliphatic carbocycles. The number of hydrogen-bond donors (Lipinski definition) is 1. The van der Waals surface area contributed by atoms with Crippen LogP contribution in [0.1, 0.15) is 22.8 Å². The Morgan fingerprint density at radius 2 is 1.76 bits per heavy atom. The second-order valence-corrected chi connectivity index (χ2v) is 7.57. The lowest BCUT2D eigenvalue weighted by Gasteiger charge is -2.19. The van der Waals surface area contributed by atoms with Crippen LogP contribution in [0.4, 0.5) is 5.69 Å². The summed E-state index contributed by atoms with van der Waals surface area (Å²) in [7, 11) is -0.0248. The molecular weight excluding hydrogens is 340 g/mol. The Bertz CT molecular complexity index is 832. The van der Waals surface area contributed by atoms with Crippen molar-refractivity contribution in [2.75, 3.05) is 24.6 Å². The maximum atomic E-state index is 12.5. The third kappa shape index (κ3) is 4.96. The third-order valence-corrected chi connectivity index (χ3v) is 5.04. The van der Waals surface area contributed by atoms with Gasteiger partial charge in [-0.25, -0.2) is 8.42 Å². The highest BCUT2D eigenvalue weighted by Gasteiger charge is 2.14. The van der Waals surface area contributed by atoms with E-state index in [2.05, 4.69) is 4.72 Å². The number of benzene rings is 2. The standard InChI is InChI=1S/C18H22N2O4S/c1-4-25(22,23)19-16-11-9-14(10-12-16)18(21)20(2)13-15-7-5-6-8-17(15)24-3/h5-12,19H,4,13H2,1-3H3. The molecule has 134 valence electrons. The predicted molar refractivity (Wildman–Crippen MR) is 98.3 cm³/mol. The summed E-state index contributed by atoms with van der Waals surface area (Å²) in [6.45, 7) is 1.97. The number of methoxy groups -OCH3 is 1. The van der Waals surface area contributed by atoms with Gasteiger partial charge in [-0.1, -0.05) is 18.2 Å². The van der Waals surface area contributed by atoms with Gasteiger partial charge < -0.3 is 9.64 Å². The molecule has 2 rings (SSSR count). The van der Waals surface area contributed by atoms with Crippen LogP contribution in [0.25, 0.3) is 0 Å². The van der Waals surface area contributed by atoms with Gasteiger partial charge in [0.25, 0.3) is 5.91 Å². The lowest BCUT2D eigenvalue weighted by atomic mass is 10.1. The minimum absolute atomic E-state index is 0.00463. The van der Waals surface area contributed by atoms with E-state index in [1.165, 1.54) is 0 Å². The molecule has 0 radical (unpaired) electrons. The van der Waals surface area contributed by atoms with E-state index in [0.29, 0.717) is 17.8 Å². The molecule has 0 unspecified atom stereocenters. The molecule has 0 heterocycles. The van der Waals surface area contributed by atoms with E-state index in [1.807, 2.05) is 24.3 Å². The fourth-order valence-electron chi connectivity index (χ4n) is 2.31. The highest BCUT2D eigenvalue weighted by Crippen LogP contribution is 2.20. The predicted octanol–water partition coefficient (Wildman–Crippen LogP) is 2.73. The van der Waals surface area contributed by atoms with E-state index < -0.39 is 10.0 Å². The SMILES string of the molecule is CCS(=O)(=O)Nc1ccc(C(=O)N(C)Cc2ccccc2OC)cc1. The van der Waals surface area contributed by atoms with Crippen molar-refractivity contribution in [1.29, 1.82) is 0 Å². The van der Waals surface area contributed by atoms with Crippen LogP contribution in [0.15, 0.2) is 48.5 Å². The summed E-state index contributed by atoms with van der Waals surface area (Å²) in [6.07, 6.45) is 0. The molecule has 2 aromatic rings. The van der Waals surface area contributed by atoms with E-state index in [-0.39, 0.29) is 11.7 Å². The molecule has 0 aliphatic heterocycles. The first kappa shape index (κ1) is 18.8. The molecule has 0 spiro atoms. The number of carbonyl (C=O) groups is 1. The van der Waals surface area contributed by atoms with Crippen LogP contribution in [0.2, 0.25) is 0 Å². The zero-order valence-electron chi connectivity index (χ0n) is 14.5. The van der Waals surface area contributed by atoms with Crippen molar-refractivity contribution in [3.63, 3.8) is 0 Å². The average molecular weight is 362 g/mol. The van der Waals surface area contributed by atoms with Gasteiger partial charge >= 0.3 is 0 Å². The fraction of sp³-hybridized carbons (Fsp3) is 0.278. The monoisotopic (exact) mass is 362 g/mol. The van der Waals surface area contributed by atoms with Gasteiger partial charge in [0, 0.05) is 30.4 Å². The second kappa shape index (κ2) is 8.02. The Morgan fingerprint density at radius 3 is 2.36 bits per heavy atom. The number of carbonyl (C=O) groups excluding carboxylic acids is 1. The maximum absolute atomic E-state index is 12.5. The van der Waals surface area contributed by atoms with Crippen molar-refractivity contribution in [3.8, 4) is 5.75 Å². The first-order valence-electron chi connectivity index (χ1n) is 7.84. The highest BCUT2D eigenvalue weighted by atomic mass is 32.2. The molecular formula is C18H22N2O4S. The molecule has 0 saturated carbocycles. The van der Waals surface area contributed by atoms with Gasteiger partial charge in [0.05, 0.1) is 12.9 Å². The molecule has 0 fully saturated rings. The number of nitrogens with one attached hydrogen (secondary N) is 1. The minimum atomic E-state index is -3.33. The Kier molecular flexibility index (Phi) is 6.03. The Morgan fingerprint density at radius 1 is 1.12 bits per heavy atom. The first-order chi connectivity index (χ1) is 11.9. The summed E-state index contributed by atoms with van der Waals surface area (Å²) in [5, 5.41) is 0. The summed E-state index contributed by atoms with van der Waals surface area (Å²) < 4.78 is 30.9. The van der Waals surface area contributed by atoms with Crippen LogP contribution < -0.4 is 9.46 Å². The summed E-state index contributed by atoms with van der Waals surface area (Å²) in [4.78, 5) is 14.1. The highest BCUT2D eigenvalue weighted by molar-refractivity contribution is 7.92. The molecule has 0 saturated heterocycles. The van der Waals surface area contributed by atoms with Crippen LogP contribution in [-0.4, -0.2) is 39.1 Å². The van der Waals surface area contributed by atoms with Gasteiger partial charge in [-0.05, 0) is 37.3 Å². The van der Waals surface area contributed by atoms with Crippen molar-refractivity contribution >= 4 is 21.6 Å². The number of anilines is 1. The summed E-state index contributed by atoms with van der Waals surface area (Å²) >= 11 is 0. The normalized spacial score (nSPS) is 11.0. The van der Waals surface area contributed by atoms with Crippen LogP contribution in [0, 0.1) is 0 Å². The molecule has 1 N–H and O–H groups in total. The van der Waals surface area contributed by atoms with Gasteiger partial charge in [0.15, 0.2) is 0 Å². The number of para-hydroxylation sites is 1. The van der Waals surface area contributed by atoms with E-state index in [1.54, 1.807) is 50.2 Å². The third-order valence-electron chi connectivity index (χ3n) is 3.73. The Hall–Kier alpha value is -2.54. The van der Waals surface area contributed by atoms with Crippen molar-refractivity contribution in [3.05, 3.63) is 59.7 Å². The van der Waals surface area contributed by atoms with Gasteiger partial charge in [-0.2, -0.15) is 0 Å². The molecule has 1 amide bonds. The number of nitrogens with zero attached hydrogens (tertiary/aromatic N) is 1. The Balaban J connectivity index is 2.09. The number of ether oxygens (including phenoxy) is 1. The van der Waals surface area contributed by atoms with Gasteiger partial charge in [-0.3, -0.25) is 9.52 Å². The van der Waals surface area contributed by atoms with E-state index >= 15 is 0 Å². The molecule has 6 nitrogen and oxygen atoms in total. The summed E-state index contributed by atoms with van der Waals surface area (Å²) in [6, 6.07) is 13.9. The lowest BCUT2D eigenvalue weighted by molar-refractivity contribution is 0.0784. The largest absolute Gasteiger partial charge is 0.496 e. The number of sulfonamides is 1. The zero-order chi connectivity index (χ0) is 18.4. The lowest BCUT2D eigenvalue weighted by Crippen LogP contribution is -2.26. The number of amides is 1. The maximum Gasteiger partial charge on any atom is 0.253 e. The van der Waals surface area contributed by atoms with Crippen LogP contribution in [0.3, 0.4) is 0 Å². The minimum Gasteiger partial charge on any atom is -0.496 e. The zero-order valence-corrected chi connectivity index (χ0v) is 15.3. The van der Waals surface area contributed by atoms with Crippen molar-refractivity contribution < 1.29 is 17.9 Å². The molecule has 25 heavy (non-hydrogen) atoms. The average Bonchev–Trinajstić information content (AvgIpc) is 2.62. The molecule has 0 aliphatic rings. The second-order valence-electron chi connectivity index (χ2n) is 5.56. The van der Waals surface area contributed by atoms with Gasteiger partial charge in [0.2, 0.25) is 10.0 Å². The van der Waals surface area contributed by atoms with Crippen LogP contribution in [0.5, 0.6) is 5.75 Å². The molecule has 7 heteroatoms. The van der Waals surface area contributed by atoms with Crippen molar-refractivity contribution in [1.82, 2.24) is 4.90 Å².